The van der Waals surface area contributed by atoms with E-state index in [1.165, 1.54) is 16.8 Å². The quantitative estimate of drug-likeness (QED) is 0.334. The standard InChI is InChI=1S/C24H19F4N5O2/c1-3-33-21-10-22(29-2)30-11-12(21)6-15(23(33)34)14-8-20(18(28)9-17(14)27)32-24(35)31-19-7-13(25)4-5-16(19)26/h4-11H,3H2,1-2H3,(H,29,30)(H2,31,32,35). The van der Waals surface area contributed by atoms with Crippen molar-refractivity contribution in [3.8, 4) is 11.1 Å². The number of carbonyl (C=O) groups excluding carboxylic acids is 1. The number of benzene rings is 2. The summed E-state index contributed by atoms with van der Waals surface area (Å²) < 4.78 is 57.8. The highest BCUT2D eigenvalue weighted by molar-refractivity contribution is 6.00. The third-order valence-corrected chi connectivity index (χ3v) is 5.32. The number of fused-ring (bicyclic) bond motifs is 1. The van der Waals surface area contributed by atoms with Crippen LogP contribution in [0, 0.1) is 23.3 Å². The lowest BCUT2D eigenvalue weighted by Gasteiger charge is -2.14. The molecule has 2 aromatic carbocycles. The van der Waals surface area contributed by atoms with E-state index in [1.807, 2.05) is 0 Å². The van der Waals surface area contributed by atoms with Gasteiger partial charge in [0.1, 0.15) is 29.1 Å². The summed E-state index contributed by atoms with van der Waals surface area (Å²) in [5, 5.41) is 7.61. The molecule has 0 aliphatic rings. The Balaban J connectivity index is 1.75. The fraction of sp³-hybridized carbons (Fsp3) is 0.125. The second-order valence-corrected chi connectivity index (χ2v) is 7.50. The van der Waals surface area contributed by atoms with Gasteiger partial charge in [0.05, 0.1) is 22.5 Å². The predicted octanol–water partition coefficient (Wildman–Crippen LogP) is 5.33. The molecule has 3 N–H and O–H groups in total. The number of nitrogens with one attached hydrogen (secondary N) is 3. The van der Waals surface area contributed by atoms with Gasteiger partial charge in [-0.3, -0.25) is 4.79 Å². The molecular weight excluding hydrogens is 466 g/mol. The second kappa shape index (κ2) is 9.45. The van der Waals surface area contributed by atoms with Crippen molar-refractivity contribution in [1.29, 1.82) is 0 Å². The molecule has 11 heteroatoms. The van der Waals surface area contributed by atoms with Crippen LogP contribution in [0.2, 0.25) is 0 Å². The first kappa shape index (κ1) is 23.7. The lowest BCUT2D eigenvalue weighted by Crippen LogP contribution is -2.23. The van der Waals surface area contributed by atoms with Crippen LogP contribution in [-0.4, -0.2) is 22.6 Å². The first-order valence-corrected chi connectivity index (χ1v) is 10.5. The highest BCUT2D eigenvalue weighted by Gasteiger charge is 2.19. The fourth-order valence-corrected chi connectivity index (χ4v) is 3.64. The minimum atomic E-state index is -1.13. The average molecular weight is 485 g/mol. The number of pyridine rings is 2. The molecule has 2 heterocycles. The minimum absolute atomic E-state index is 0.0736. The lowest BCUT2D eigenvalue weighted by molar-refractivity contribution is 0.262. The summed E-state index contributed by atoms with van der Waals surface area (Å²) >= 11 is 0. The Bertz CT molecular complexity index is 1520. The van der Waals surface area contributed by atoms with Gasteiger partial charge in [-0.2, -0.15) is 0 Å². The molecule has 0 fully saturated rings. The smallest absolute Gasteiger partial charge is 0.323 e. The van der Waals surface area contributed by atoms with Crippen molar-refractivity contribution < 1.29 is 22.4 Å². The summed E-state index contributed by atoms with van der Waals surface area (Å²) in [6.07, 6.45) is 1.51. The Labute approximate surface area is 196 Å². The number of rotatable bonds is 5. The number of nitrogens with zero attached hydrogens (tertiary/aromatic N) is 2. The molecule has 0 spiro atoms. The zero-order valence-electron chi connectivity index (χ0n) is 18.5. The number of aryl methyl sites for hydroxylation is 1. The van der Waals surface area contributed by atoms with Gasteiger partial charge < -0.3 is 20.5 Å². The van der Waals surface area contributed by atoms with E-state index in [2.05, 4.69) is 20.9 Å². The number of aromatic nitrogens is 2. The molecule has 180 valence electrons. The number of carbonyl (C=O) groups is 1. The van der Waals surface area contributed by atoms with Crippen LogP contribution in [-0.2, 0) is 6.54 Å². The molecule has 0 saturated carbocycles. The van der Waals surface area contributed by atoms with Gasteiger partial charge in [0.2, 0.25) is 0 Å². The monoisotopic (exact) mass is 485 g/mol. The van der Waals surface area contributed by atoms with Crippen LogP contribution in [0.25, 0.3) is 22.0 Å². The van der Waals surface area contributed by atoms with E-state index >= 15 is 0 Å². The van der Waals surface area contributed by atoms with Crippen LogP contribution in [0.5, 0.6) is 0 Å². The number of amides is 2. The van der Waals surface area contributed by atoms with Gasteiger partial charge >= 0.3 is 6.03 Å². The first-order valence-electron chi connectivity index (χ1n) is 10.5. The summed E-state index contributed by atoms with van der Waals surface area (Å²) in [4.78, 5) is 29.7. The Kier molecular flexibility index (Phi) is 6.41. The molecule has 35 heavy (non-hydrogen) atoms. The topological polar surface area (TPSA) is 88.1 Å². The van der Waals surface area contributed by atoms with E-state index in [4.69, 9.17) is 0 Å². The molecule has 2 amide bonds. The summed E-state index contributed by atoms with van der Waals surface area (Å²) in [5.74, 6) is -3.32. The summed E-state index contributed by atoms with van der Waals surface area (Å²) in [6.45, 7) is 2.01. The number of hydrogen-bond acceptors (Lipinski definition) is 4. The van der Waals surface area contributed by atoms with Crippen LogP contribution in [0.3, 0.4) is 0 Å². The zero-order chi connectivity index (χ0) is 25.3. The summed E-state index contributed by atoms with van der Waals surface area (Å²) in [5.41, 5.74) is -1.24. The molecule has 0 unspecified atom stereocenters. The Morgan fingerprint density at radius 3 is 2.31 bits per heavy atom. The maximum absolute atomic E-state index is 14.8. The maximum Gasteiger partial charge on any atom is 0.323 e. The molecule has 0 saturated heterocycles. The molecule has 0 atom stereocenters. The minimum Gasteiger partial charge on any atom is -0.373 e. The van der Waals surface area contributed by atoms with Crippen LogP contribution in [0.4, 0.5) is 39.5 Å². The molecule has 0 aliphatic carbocycles. The Morgan fingerprint density at radius 2 is 1.63 bits per heavy atom. The number of urea groups is 1. The molecule has 7 nitrogen and oxygen atoms in total. The van der Waals surface area contributed by atoms with Gasteiger partial charge in [-0.15, -0.1) is 0 Å². The number of hydrogen-bond donors (Lipinski definition) is 3. The number of anilines is 3. The molecule has 4 rings (SSSR count). The van der Waals surface area contributed by atoms with Gasteiger partial charge in [-0.05, 0) is 31.2 Å². The largest absolute Gasteiger partial charge is 0.373 e. The highest BCUT2D eigenvalue weighted by atomic mass is 19.1. The van der Waals surface area contributed by atoms with Gasteiger partial charge in [-0.25, -0.2) is 27.3 Å². The Hall–Kier alpha value is -4.41. The zero-order valence-corrected chi connectivity index (χ0v) is 18.5. The van der Waals surface area contributed by atoms with Crippen molar-refractivity contribution in [2.24, 2.45) is 0 Å². The van der Waals surface area contributed by atoms with Crippen molar-refractivity contribution in [1.82, 2.24) is 9.55 Å². The van der Waals surface area contributed by atoms with Crippen molar-refractivity contribution >= 4 is 34.1 Å². The van der Waals surface area contributed by atoms with Gasteiger partial charge in [0.15, 0.2) is 0 Å². The number of halogens is 4. The van der Waals surface area contributed by atoms with Crippen molar-refractivity contribution in [2.45, 2.75) is 13.5 Å². The van der Waals surface area contributed by atoms with Crippen LogP contribution in [0.15, 0.2) is 53.5 Å². The molecule has 0 bridgehead atoms. The third-order valence-electron chi connectivity index (χ3n) is 5.32. The van der Waals surface area contributed by atoms with Crippen LogP contribution in [0.1, 0.15) is 6.92 Å². The second-order valence-electron chi connectivity index (χ2n) is 7.50. The highest BCUT2D eigenvalue weighted by Crippen LogP contribution is 2.29. The van der Waals surface area contributed by atoms with Gasteiger partial charge in [-0.1, -0.05) is 0 Å². The molecular formula is C24H19F4N5O2. The predicted molar refractivity (Wildman–Crippen MR) is 126 cm³/mol. The average Bonchev–Trinajstić information content (AvgIpc) is 2.82. The first-order chi connectivity index (χ1) is 16.7. The van der Waals surface area contributed by atoms with Crippen molar-refractivity contribution in [2.75, 3.05) is 23.0 Å². The molecule has 0 aliphatic heterocycles. The van der Waals surface area contributed by atoms with Crippen molar-refractivity contribution in [3.05, 3.63) is 82.3 Å². The maximum atomic E-state index is 14.8. The van der Waals surface area contributed by atoms with Crippen LogP contribution < -0.4 is 21.5 Å². The van der Waals surface area contributed by atoms with E-state index in [0.717, 1.165) is 24.3 Å². The van der Waals surface area contributed by atoms with Gasteiger partial charge in [0, 0.05) is 48.9 Å². The normalized spacial score (nSPS) is 10.9. The van der Waals surface area contributed by atoms with E-state index in [1.54, 1.807) is 20.0 Å². The van der Waals surface area contributed by atoms with E-state index in [-0.39, 0.29) is 17.7 Å². The summed E-state index contributed by atoms with van der Waals surface area (Å²) in [7, 11) is 1.68. The SMILES string of the molecule is CCn1c(=O)c(-c2cc(NC(=O)Nc3cc(F)ccc3F)c(F)cc2F)cc2cnc(NC)cc21. The molecule has 0 radical (unpaired) electrons. The third kappa shape index (κ3) is 4.65. The van der Waals surface area contributed by atoms with E-state index in [9.17, 15) is 27.2 Å². The lowest BCUT2D eigenvalue weighted by atomic mass is 10.0. The molecule has 2 aromatic heterocycles. The Morgan fingerprint density at radius 1 is 0.914 bits per heavy atom. The van der Waals surface area contributed by atoms with E-state index < -0.39 is 46.2 Å². The van der Waals surface area contributed by atoms with Gasteiger partial charge in [0.25, 0.3) is 5.56 Å². The van der Waals surface area contributed by atoms with E-state index in [0.29, 0.717) is 22.8 Å². The summed E-state index contributed by atoms with van der Waals surface area (Å²) in [6, 6.07) is 5.92. The van der Waals surface area contributed by atoms with Crippen molar-refractivity contribution in [3.63, 3.8) is 0 Å². The fourth-order valence-electron chi connectivity index (χ4n) is 3.64. The molecule has 4 aromatic rings. The van der Waals surface area contributed by atoms with Crippen LogP contribution >= 0.6 is 0 Å².